The van der Waals surface area contributed by atoms with Gasteiger partial charge in [0, 0.05) is 13.2 Å². The van der Waals surface area contributed by atoms with E-state index in [4.69, 9.17) is 24.4 Å². The van der Waals surface area contributed by atoms with Gasteiger partial charge >= 0.3 is 18.4 Å². The molecular formula is C28H53NO9. The number of hydrogen-bond donors (Lipinski definition) is 2. The Bertz CT molecular complexity index is 673. The Balaban J connectivity index is 0.000000565. The summed E-state index contributed by atoms with van der Waals surface area (Å²) in [6.45, 7) is 16.7. The summed E-state index contributed by atoms with van der Waals surface area (Å²) >= 11 is 0. The van der Waals surface area contributed by atoms with Crippen LogP contribution in [0.2, 0.25) is 0 Å². The third kappa shape index (κ3) is 19.1. The number of piperidine rings is 1. The molecule has 1 saturated heterocycles. The second kappa shape index (κ2) is 16.8. The van der Waals surface area contributed by atoms with Gasteiger partial charge in [0.1, 0.15) is 16.8 Å². The zero-order valence-corrected chi connectivity index (χ0v) is 25.1. The van der Waals surface area contributed by atoms with Crippen LogP contribution in [0.25, 0.3) is 0 Å². The van der Waals surface area contributed by atoms with Gasteiger partial charge in [-0.15, -0.1) is 0 Å². The predicted octanol–water partition coefficient (Wildman–Crippen LogP) is 6.20. The van der Waals surface area contributed by atoms with Crippen molar-refractivity contribution in [3.63, 3.8) is 0 Å². The van der Waals surface area contributed by atoms with E-state index < -0.39 is 29.1 Å². The molecule has 224 valence electrons. The minimum absolute atomic E-state index is 0.0270. The maximum atomic E-state index is 11.8. The lowest BCUT2D eigenvalue weighted by Crippen LogP contribution is -2.47. The van der Waals surface area contributed by atoms with Crippen molar-refractivity contribution in [2.24, 2.45) is 5.92 Å². The quantitative estimate of drug-likeness (QED) is 0.235. The molecule has 1 heterocycles. The van der Waals surface area contributed by atoms with Gasteiger partial charge in [-0.2, -0.15) is 0 Å². The van der Waals surface area contributed by atoms with Crippen molar-refractivity contribution < 1.29 is 43.5 Å². The van der Waals surface area contributed by atoms with Crippen molar-refractivity contribution in [2.75, 3.05) is 19.8 Å². The number of carbonyl (C=O) groups is 3. The topological polar surface area (TPSA) is 132 Å². The Morgan fingerprint density at radius 2 is 1.11 bits per heavy atom. The standard InChI is InChI=1S/C11H21NO3.C10H18O5.C7H14O/c1-11(2,3)15-10(14)12-7-5-4-6-9(12)8-13;1-9(2,3)14-7(11)13-8(12)15-10(4,5)6;8-6-7-4-2-1-3-5-7/h9,13H,4-8H2,1-3H3;1-6H3;7-8H,1-6H2. The van der Waals surface area contributed by atoms with Gasteiger partial charge in [0.15, 0.2) is 0 Å². The highest BCUT2D eigenvalue weighted by molar-refractivity contribution is 5.77. The molecule has 0 radical (unpaired) electrons. The van der Waals surface area contributed by atoms with Gasteiger partial charge in [-0.3, -0.25) is 0 Å². The molecule has 0 aromatic heterocycles. The van der Waals surface area contributed by atoms with Crippen LogP contribution in [0.15, 0.2) is 0 Å². The molecule has 38 heavy (non-hydrogen) atoms. The lowest BCUT2D eigenvalue weighted by atomic mass is 9.90. The van der Waals surface area contributed by atoms with E-state index in [9.17, 15) is 14.4 Å². The average molecular weight is 548 g/mol. The SMILES string of the molecule is CC(C)(C)OC(=O)N1CCCCC1CO.CC(C)(C)OC(=O)OC(=O)OC(C)(C)C.OCC1CCCCC1. The highest BCUT2D eigenvalue weighted by Gasteiger charge is 2.30. The number of aliphatic hydroxyl groups excluding tert-OH is 2. The fourth-order valence-electron chi connectivity index (χ4n) is 3.73. The van der Waals surface area contributed by atoms with Crippen molar-refractivity contribution >= 4 is 18.4 Å². The first-order chi connectivity index (χ1) is 17.4. The second-order valence-corrected chi connectivity index (χ2v) is 12.7. The third-order valence-corrected chi connectivity index (χ3v) is 5.39. The molecule has 2 rings (SSSR count). The van der Waals surface area contributed by atoms with Gasteiger partial charge in [0.05, 0.1) is 12.6 Å². The molecule has 0 spiro atoms. The first kappa shape index (κ1) is 35.9. The Labute approximate surface area is 229 Å². The zero-order valence-electron chi connectivity index (χ0n) is 25.1. The molecule has 1 saturated carbocycles. The van der Waals surface area contributed by atoms with Crippen molar-refractivity contribution in [1.29, 1.82) is 0 Å². The molecule has 1 atom stereocenters. The average Bonchev–Trinajstić information content (AvgIpc) is 2.76. The van der Waals surface area contributed by atoms with Crippen molar-refractivity contribution in [2.45, 2.75) is 137 Å². The van der Waals surface area contributed by atoms with E-state index in [-0.39, 0.29) is 18.7 Å². The van der Waals surface area contributed by atoms with Crippen molar-refractivity contribution in [1.82, 2.24) is 4.90 Å². The maximum absolute atomic E-state index is 11.8. The van der Waals surface area contributed by atoms with Gasteiger partial charge in [0.2, 0.25) is 0 Å². The highest BCUT2D eigenvalue weighted by Crippen LogP contribution is 2.22. The van der Waals surface area contributed by atoms with Gasteiger partial charge in [0.25, 0.3) is 0 Å². The summed E-state index contributed by atoms with van der Waals surface area (Å²) in [5.41, 5.74) is -1.85. The van der Waals surface area contributed by atoms with Crippen LogP contribution in [0.5, 0.6) is 0 Å². The van der Waals surface area contributed by atoms with E-state index in [1.165, 1.54) is 32.1 Å². The summed E-state index contributed by atoms with van der Waals surface area (Å²) in [4.78, 5) is 35.4. The van der Waals surface area contributed by atoms with E-state index in [1.54, 1.807) is 46.4 Å². The Hall–Kier alpha value is -2.07. The number of hydrogen-bond acceptors (Lipinski definition) is 9. The van der Waals surface area contributed by atoms with E-state index >= 15 is 0 Å². The summed E-state index contributed by atoms with van der Waals surface area (Å²) in [7, 11) is 0. The minimum Gasteiger partial charge on any atom is -0.444 e. The van der Waals surface area contributed by atoms with E-state index in [2.05, 4.69) is 4.74 Å². The van der Waals surface area contributed by atoms with Crippen molar-refractivity contribution in [3.8, 4) is 0 Å². The Morgan fingerprint density at radius 1 is 0.658 bits per heavy atom. The van der Waals surface area contributed by atoms with Crippen LogP contribution in [-0.2, 0) is 18.9 Å². The van der Waals surface area contributed by atoms with Crippen LogP contribution in [0, 0.1) is 5.92 Å². The van der Waals surface area contributed by atoms with Gasteiger partial charge in [-0.25, -0.2) is 14.4 Å². The summed E-state index contributed by atoms with van der Waals surface area (Å²) in [5.74, 6) is 0.642. The molecule has 1 aliphatic carbocycles. The molecule has 1 amide bonds. The monoisotopic (exact) mass is 547 g/mol. The van der Waals surface area contributed by atoms with Crippen LogP contribution in [0.4, 0.5) is 14.4 Å². The van der Waals surface area contributed by atoms with E-state index in [1.807, 2.05) is 20.8 Å². The predicted molar refractivity (Wildman–Crippen MR) is 145 cm³/mol. The molecule has 10 heteroatoms. The molecule has 0 aromatic carbocycles. The molecule has 2 aliphatic rings. The van der Waals surface area contributed by atoms with Crippen LogP contribution >= 0.6 is 0 Å². The lowest BCUT2D eigenvalue weighted by molar-refractivity contribution is -0.0294. The molecule has 1 aliphatic heterocycles. The van der Waals surface area contributed by atoms with Crippen LogP contribution in [0.3, 0.4) is 0 Å². The molecule has 1 unspecified atom stereocenters. The number of likely N-dealkylation sites (tertiary alicyclic amines) is 1. The van der Waals surface area contributed by atoms with Gasteiger partial charge in [-0.05, 0) is 100 Å². The number of aliphatic hydroxyl groups is 2. The Morgan fingerprint density at radius 3 is 1.47 bits per heavy atom. The molecule has 0 aromatic rings. The van der Waals surface area contributed by atoms with Crippen LogP contribution in [0.1, 0.15) is 114 Å². The van der Waals surface area contributed by atoms with E-state index in [0.717, 1.165) is 19.3 Å². The minimum atomic E-state index is -1.06. The third-order valence-electron chi connectivity index (χ3n) is 5.39. The summed E-state index contributed by atoms with van der Waals surface area (Å²) in [5, 5.41) is 17.9. The number of amides is 1. The second-order valence-electron chi connectivity index (χ2n) is 12.7. The number of rotatable bonds is 2. The van der Waals surface area contributed by atoms with Crippen LogP contribution in [-0.4, -0.2) is 76.1 Å². The molecule has 2 fully saturated rings. The van der Waals surface area contributed by atoms with Gasteiger partial charge < -0.3 is 34.1 Å². The molecule has 0 bridgehead atoms. The largest absolute Gasteiger partial charge is 0.519 e. The van der Waals surface area contributed by atoms with Crippen molar-refractivity contribution in [3.05, 3.63) is 0 Å². The summed E-state index contributed by atoms with van der Waals surface area (Å²) in [6.07, 6.45) is 7.10. The fraction of sp³-hybridized carbons (Fsp3) is 0.893. The van der Waals surface area contributed by atoms with Crippen LogP contribution < -0.4 is 0 Å². The lowest BCUT2D eigenvalue weighted by Gasteiger charge is -2.35. The molecule has 10 nitrogen and oxygen atoms in total. The normalized spacial score (nSPS) is 18.6. The summed E-state index contributed by atoms with van der Waals surface area (Å²) in [6, 6.07) is -0.0615. The zero-order chi connectivity index (χ0) is 29.6. The Kier molecular flexibility index (Phi) is 15.9. The smallest absolute Gasteiger partial charge is 0.444 e. The number of carbonyl (C=O) groups excluding carboxylic acids is 3. The van der Waals surface area contributed by atoms with Gasteiger partial charge in [-0.1, -0.05) is 19.3 Å². The highest BCUT2D eigenvalue weighted by atomic mass is 16.8. The fourth-order valence-corrected chi connectivity index (χ4v) is 3.73. The number of nitrogens with zero attached hydrogens (tertiary/aromatic N) is 1. The van der Waals surface area contributed by atoms with E-state index in [0.29, 0.717) is 19.1 Å². The number of ether oxygens (including phenoxy) is 4. The molecular weight excluding hydrogens is 494 g/mol. The maximum Gasteiger partial charge on any atom is 0.519 e. The molecule has 2 N–H and O–H groups in total. The summed E-state index contributed by atoms with van der Waals surface area (Å²) < 4.78 is 19.1. The first-order valence-electron chi connectivity index (χ1n) is 13.7. The first-order valence-corrected chi connectivity index (χ1v) is 13.7.